The minimum absolute atomic E-state index is 0.532. The van der Waals surface area contributed by atoms with Gasteiger partial charge in [-0.25, -0.2) is 0 Å². The lowest BCUT2D eigenvalue weighted by molar-refractivity contribution is 0.190. The largest absolute Gasteiger partial charge is 0.363 e. The second kappa shape index (κ2) is 11.7. The SMILES string of the molecule is CCNC(=NCCCCN1CCC(C)CC1)NC1CCN(c2cccs2)CC1. The minimum Gasteiger partial charge on any atom is -0.363 e. The Labute approximate surface area is 175 Å². The normalized spacial score (nSPS) is 20.5. The van der Waals surface area contributed by atoms with Gasteiger partial charge in [-0.1, -0.05) is 6.92 Å². The standard InChI is InChI=1S/C22H39N5S/c1-3-23-22(24-12-4-5-13-26-14-8-19(2)9-15-26)25-20-10-16-27(17-11-20)21-7-6-18-28-21/h6-7,18-20H,3-5,8-17H2,1-2H3,(H2,23,24,25). The quantitative estimate of drug-likeness (QED) is 0.392. The molecule has 2 saturated heterocycles. The third kappa shape index (κ3) is 6.96. The van der Waals surface area contributed by atoms with Crippen LogP contribution in [0.5, 0.6) is 0 Å². The number of nitrogens with zero attached hydrogens (tertiary/aromatic N) is 3. The van der Waals surface area contributed by atoms with Crippen molar-refractivity contribution in [2.24, 2.45) is 10.9 Å². The number of hydrogen-bond donors (Lipinski definition) is 2. The van der Waals surface area contributed by atoms with Crippen molar-refractivity contribution in [3.05, 3.63) is 17.5 Å². The van der Waals surface area contributed by atoms with Crippen molar-refractivity contribution < 1.29 is 0 Å². The Hall–Kier alpha value is -1.27. The van der Waals surface area contributed by atoms with Crippen LogP contribution in [0.3, 0.4) is 0 Å². The number of thiophene rings is 1. The van der Waals surface area contributed by atoms with Gasteiger partial charge >= 0.3 is 0 Å². The molecular weight excluding hydrogens is 366 g/mol. The average Bonchev–Trinajstić information content (AvgIpc) is 3.25. The summed E-state index contributed by atoms with van der Waals surface area (Å²) in [5.41, 5.74) is 0. The molecule has 0 saturated carbocycles. The van der Waals surface area contributed by atoms with Crippen molar-refractivity contribution in [2.75, 3.05) is 50.7 Å². The third-order valence-electron chi connectivity index (χ3n) is 6.03. The number of guanidine groups is 1. The molecule has 0 radical (unpaired) electrons. The lowest BCUT2D eigenvalue weighted by Crippen LogP contribution is -2.48. The first-order valence-corrected chi connectivity index (χ1v) is 12.2. The van der Waals surface area contributed by atoms with E-state index in [1.54, 1.807) is 0 Å². The number of rotatable bonds is 8. The fourth-order valence-corrected chi connectivity index (χ4v) is 4.92. The van der Waals surface area contributed by atoms with Crippen LogP contribution in [0, 0.1) is 5.92 Å². The molecule has 3 heterocycles. The minimum atomic E-state index is 0.532. The molecular formula is C22H39N5S. The molecule has 0 bridgehead atoms. The van der Waals surface area contributed by atoms with Gasteiger partial charge in [-0.3, -0.25) is 4.99 Å². The van der Waals surface area contributed by atoms with Crippen LogP contribution in [0.2, 0.25) is 0 Å². The first-order chi connectivity index (χ1) is 13.7. The molecule has 158 valence electrons. The molecule has 0 unspecified atom stereocenters. The van der Waals surface area contributed by atoms with Crippen LogP contribution in [-0.2, 0) is 0 Å². The Bertz CT molecular complexity index is 557. The Balaban J connectivity index is 1.33. The lowest BCUT2D eigenvalue weighted by atomic mass is 9.99. The van der Waals surface area contributed by atoms with E-state index in [1.807, 2.05) is 11.3 Å². The van der Waals surface area contributed by atoms with Gasteiger partial charge in [0.15, 0.2) is 5.96 Å². The van der Waals surface area contributed by atoms with Crippen LogP contribution in [0.1, 0.15) is 52.4 Å². The number of unbranched alkanes of at least 4 members (excludes halogenated alkanes) is 1. The zero-order valence-corrected chi connectivity index (χ0v) is 18.6. The Kier molecular flexibility index (Phi) is 8.93. The van der Waals surface area contributed by atoms with Crippen LogP contribution >= 0.6 is 11.3 Å². The summed E-state index contributed by atoms with van der Waals surface area (Å²) in [7, 11) is 0. The molecule has 0 aliphatic carbocycles. The maximum absolute atomic E-state index is 4.84. The second-order valence-electron chi connectivity index (χ2n) is 8.35. The Morgan fingerprint density at radius 1 is 1.14 bits per heavy atom. The molecule has 0 atom stereocenters. The molecule has 5 nitrogen and oxygen atoms in total. The third-order valence-corrected chi connectivity index (χ3v) is 6.96. The molecule has 2 fully saturated rings. The van der Waals surface area contributed by atoms with Gasteiger partial charge in [-0.05, 0) is 88.5 Å². The van der Waals surface area contributed by atoms with Crippen LogP contribution < -0.4 is 15.5 Å². The molecule has 1 aromatic heterocycles. The summed E-state index contributed by atoms with van der Waals surface area (Å²) in [6.07, 6.45) is 7.54. The molecule has 0 spiro atoms. The zero-order valence-electron chi connectivity index (χ0n) is 17.8. The summed E-state index contributed by atoms with van der Waals surface area (Å²) in [6.45, 7) is 12.5. The predicted molar refractivity (Wildman–Crippen MR) is 123 cm³/mol. The first-order valence-electron chi connectivity index (χ1n) is 11.3. The monoisotopic (exact) mass is 405 g/mol. The van der Waals surface area contributed by atoms with E-state index >= 15 is 0 Å². The summed E-state index contributed by atoms with van der Waals surface area (Å²) in [6, 6.07) is 4.91. The fourth-order valence-electron chi connectivity index (χ4n) is 4.13. The summed E-state index contributed by atoms with van der Waals surface area (Å²) in [4.78, 5) is 9.98. The van der Waals surface area contributed by atoms with E-state index < -0.39 is 0 Å². The van der Waals surface area contributed by atoms with Gasteiger partial charge in [-0.15, -0.1) is 11.3 Å². The molecule has 1 aromatic rings. The van der Waals surface area contributed by atoms with Gasteiger partial charge in [-0.2, -0.15) is 0 Å². The molecule has 2 N–H and O–H groups in total. The van der Waals surface area contributed by atoms with E-state index in [0.717, 1.165) is 38.1 Å². The molecule has 3 rings (SSSR count). The first kappa shape index (κ1) is 21.4. The van der Waals surface area contributed by atoms with Crippen molar-refractivity contribution >= 4 is 22.3 Å². The molecule has 0 amide bonds. The van der Waals surface area contributed by atoms with E-state index in [9.17, 15) is 0 Å². The topological polar surface area (TPSA) is 42.9 Å². The molecule has 6 heteroatoms. The molecule has 0 aromatic carbocycles. The zero-order chi connectivity index (χ0) is 19.6. The lowest BCUT2D eigenvalue weighted by Gasteiger charge is -2.33. The van der Waals surface area contributed by atoms with Crippen molar-refractivity contribution in [1.29, 1.82) is 0 Å². The van der Waals surface area contributed by atoms with Gasteiger partial charge < -0.3 is 20.4 Å². The maximum atomic E-state index is 4.84. The number of aliphatic imine (C=N–C) groups is 1. The van der Waals surface area contributed by atoms with Gasteiger partial charge in [0.25, 0.3) is 0 Å². The highest BCUT2D eigenvalue weighted by Crippen LogP contribution is 2.24. The van der Waals surface area contributed by atoms with E-state index in [4.69, 9.17) is 4.99 Å². The van der Waals surface area contributed by atoms with Crippen molar-refractivity contribution in [3.8, 4) is 0 Å². The highest BCUT2D eigenvalue weighted by Gasteiger charge is 2.20. The van der Waals surface area contributed by atoms with Gasteiger partial charge in [0.1, 0.15) is 0 Å². The molecule has 2 aliphatic rings. The number of anilines is 1. The fraction of sp³-hybridized carbons (Fsp3) is 0.773. The summed E-state index contributed by atoms with van der Waals surface area (Å²) >= 11 is 1.84. The highest BCUT2D eigenvalue weighted by molar-refractivity contribution is 7.14. The van der Waals surface area contributed by atoms with E-state index in [-0.39, 0.29) is 0 Å². The van der Waals surface area contributed by atoms with E-state index in [0.29, 0.717) is 6.04 Å². The smallest absolute Gasteiger partial charge is 0.191 e. The number of piperidine rings is 2. The van der Waals surface area contributed by atoms with E-state index in [2.05, 4.69) is 51.8 Å². The Morgan fingerprint density at radius 3 is 2.61 bits per heavy atom. The van der Waals surface area contributed by atoms with Crippen molar-refractivity contribution in [1.82, 2.24) is 15.5 Å². The van der Waals surface area contributed by atoms with Gasteiger partial charge in [0, 0.05) is 32.2 Å². The second-order valence-corrected chi connectivity index (χ2v) is 9.28. The van der Waals surface area contributed by atoms with Gasteiger partial charge in [0.2, 0.25) is 0 Å². The molecule has 2 aliphatic heterocycles. The van der Waals surface area contributed by atoms with Gasteiger partial charge in [0.05, 0.1) is 5.00 Å². The van der Waals surface area contributed by atoms with Crippen LogP contribution in [0.4, 0.5) is 5.00 Å². The number of nitrogens with one attached hydrogen (secondary N) is 2. The van der Waals surface area contributed by atoms with Crippen molar-refractivity contribution in [3.63, 3.8) is 0 Å². The number of hydrogen-bond acceptors (Lipinski definition) is 4. The number of likely N-dealkylation sites (tertiary alicyclic amines) is 1. The van der Waals surface area contributed by atoms with Crippen LogP contribution in [0.25, 0.3) is 0 Å². The summed E-state index contributed by atoms with van der Waals surface area (Å²) in [5, 5.41) is 10.7. The van der Waals surface area contributed by atoms with E-state index in [1.165, 1.54) is 63.2 Å². The van der Waals surface area contributed by atoms with Crippen LogP contribution in [0.15, 0.2) is 22.5 Å². The predicted octanol–water partition coefficient (Wildman–Crippen LogP) is 3.78. The average molecular weight is 406 g/mol. The summed E-state index contributed by atoms with van der Waals surface area (Å²) < 4.78 is 0. The maximum Gasteiger partial charge on any atom is 0.191 e. The summed E-state index contributed by atoms with van der Waals surface area (Å²) in [5.74, 6) is 1.93. The molecule has 28 heavy (non-hydrogen) atoms. The Morgan fingerprint density at radius 2 is 1.93 bits per heavy atom. The van der Waals surface area contributed by atoms with Crippen molar-refractivity contribution in [2.45, 2.75) is 58.4 Å². The van der Waals surface area contributed by atoms with Crippen LogP contribution in [-0.4, -0.2) is 62.7 Å². The highest BCUT2D eigenvalue weighted by atomic mass is 32.1.